The molecule has 0 aliphatic rings. The first-order valence-electron chi connectivity index (χ1n) is 10.8. The molecule has 0 spiro atoms. The molecule has 2 amide bonds. The van der Waals surface area contributed by atoms with E-state index in [2.05, 4.69) is 10.6 Å². The Labute approximate surface area is 194 Å². The maximum Gasteiger partial charge on any atom is 0.319 e. The van der Waals surface area contributed by atoms with Crippen LogP contribution in [0, 0.1) is 0 Å². The van der Waals surface area contributed by atoms with Gasteiger partial charge in [-0.3, -0.25) is 0 Å². The molecule has 170 valence electrons. The molecule has 2 N–H and O–H groups in total. The van der Waals surface area contributed by atoms with Crippen molar-refractivity contribution in [1.29, 1.82) is 0 Å². The van der Waals surface area contributed by atoms with Gasteiger partial charge in [0.25, 0.3) is 0 Å². The van der Waals surface area contributed by atoms with Gasteiger partial charge < -0.3 is 15.5 Å². The van der Waals surface area contributed by atoms with Crippen LogP contribution in [-0.2, 0) is 9.84 Å². The molecule has 0 aromatic heterocycles. The van der Waals surface area contributed by atoms with E-state index < -0.39 is 9.84 Å². The molecule has 33 heavy (non-hydrogen) atoms. The highest BCUT2D eigenvalue weighted by atomic mass is 32.2. The molecule has 4 aromatic rings. The summed E-state index contributed by atoms with van der Waals surface area (Å²) < 4.78 is 26.1. The Bertz CT molecular complexity index is 1410. The van der Waals surface area contributed by atoms with Crippen molar-refractivity contribution in [3.05, 3.63) is 78.9 Å². The van der Waals surface area contributed by atoms with Crippen LogP contribution < -0.4 is 15.5 Å². The Balaban J connectivity index is 1.39. The standard InChI is InChI=1S/C26H27N3O3S/c1-29(2)24-15-6-13-22-21(24)12-7-16-25(22)33(31,32)18-8-17-27-26(30)28-23-14-5-10-19-9-3-4-11-20(19)23/h3-7,9-16H,8,17-18H2,1-2H3,(H2,27,28,30). The van der Waals surface area contributed by atoms with E-state index in [1.165, 1.54) is 0 Å². The van der Waals surface area contributed by atoms with Crippen molar-refractivity contribution in [1.82, 2.24) is 5.32 Å². The van der Waals surface area contributed by atoms with E-state index in [0.29, 0.717) is 22.4 Å². The molecule has 0 radical (unpaired) electrons. The van der Waals surface area contributed by atoms with Gasteiger partial charge in [-0.25, -0.2) is 13.2 Å². The molecule has 0 atom stereocenters. The second kappa shape index (κ2) is 9.50. The summed E-state index contributed by atoms with van der Waals surface area (Å²) in [4.78, 5) is 14.6. The van der Waals surface area contributed by atoms with Gasteiger partial charge in [-0.2, -0.15) is 0 Å². The Morgan fingerprint density at radius 1 is 0.818 bits per heavy atom. The highest BCUT2D eigenvalue weighted by Gasteiger charge is 2.18. The number of hydrogen-bond acceptors (Lipinski definition) is 4. The second-order valence-corrected chi connectivity index (χ2v) is 10.2. The van der Waals surface area contributed by atoms with Crippen LogP contribution >= 0.6 is 0 Å². The molecule has 6 nitrogen and oxygen atoms in total. The molecule has 4 aromatic carbocycles. The summed E-state index contributed by atoms with van der Waals surface area (Å²) >= 11 is 0. The Morgan fingerprint density at radius 3 is 2.30 bits per heavy atom. The van der Waals surface area contributed by atoms with Crippen molar-refractivity contribution in [2.75, 3.05) is 36.6 Å². The van der Waals surface area contributed by atoms with Crippen molar-refractivity contribution in [2.24, 2.45) is 0 Å². The van der Waals surface area contributed by atoms with Crippen LogP contribution in [0.15, 0.2) is 83.8 Å². The average Bonchev–Trinajstić information content (AvgIpc) is 2.81. The van der Waals surface area contributed by atoms with E-state index >= 15 is 0 Å². The molecule has 0 fully saturated rings. The van der Waals surface area contributed by atoms with Gasteiger partial charge in [0, 0.05) is 42.5 Å². The molecule has 0 aliphatic heterocycles. The number of carbonyl (C=O) groups is 1. The van der Waals surface area contributed by atoms with Crippen LogP contribution in [0.3, 0.4) is 0 Å². The van der Waals surface area contributed by atoms with Gasteiger partial charge >= 0.3 is 6.03 Å². The van der Waals surface area contributed by atoms with Gasteiger partial charge in [0.05, 0.1) is 16.3 Å². The fourth-order valence-corrected chi connectivity index (χ4v) is 5.54. The monoisotopic (exact) mass is 461 g/mol. The van der Waals surface area contributed by atoms with E-state index in [4.69, 9.17) is 0 Å². The van der Waals surface area contributed by atoms with Crippen molar-refractivity contribution in [3.63, 3.8) is 0 Å². The summed E-state index contributed by atoms with van der Waals surface area (Å²) in [7, 11) is 0.366. The average molecular weight is 462 g/mol. The number of sulfone groups is 1. The number of nitrogens with one attached hydrogen (secondary N) is 2. The van der Waals surface area contributed by atoms with E-state index in [1.54, 1.807) is 12.1 Å². The lowest BCUT2D eigenvalue weighted by atomic mass is 10.1. The van der Waals surface area contributed by atoms with E-state index in [-0.39, 0.29) is 18.3 Å². The summed E-state index contributed by atoms with van der Waals surface area (Å²) in [6, 6.07) is 24.2. The van der Waals surface area contributed by atoms with Crippen LogP contribution in [0.1, 0.15) is 6.42 Å². The van der Waals surface area contributed by atoms with Crippen LogP contribution in [-0.4, -0.2) is 40.8 Å². The number of anilines is 2. The first-order chi connectivity index (χ1) is 15.9. The number of amides is 2. The number of urea groups is 1. The summed E-state index contributed by atoms with van der Waals surface area (Å²) in [5.74, 6) is -0.0488. The van der Waals surface area contributed by atoms with Crippen molar-refractivity contribution in [2.45, 2.75) is 11.3 Å². The third kappa shape index (κ3) is 4.93. The predicted molar refractivity (Wildman–Crippen MR) is 136 cm³/mol. The molecular weight excluding hydrogens is 434 g/mol. The van der Waals surface area contributed by atoms with Gasteiger partial charge in [-0.15, -0.1) is 0 Å². The normalized spacial score (nSPS) is 11.5. The highest BCUT2D eigenvalue weighted by molar-refractivity contribution is 7.91. The van der Waals surface area contributed by atoms with Gasteiger partial charge in [-0.05, 0) is 30.0 Å². The molecule has 0 unspecified atom stereocenters. The molecule has 7 heteroatoms. The predicted octanol–water partition coefficient (Wildman–Crippen LogP) is 5.04. The summed E-state index contributed by atoms with van der Waals surface area (Å²) in [6.45, 7) is 0.254. The first kappa shape index (κ1) is 22.6. The van der Waals surface area contributed by atoms with Gasteiger partial charge in [0.2, 0.25) is 0 Å². The summed E-state index contributed by atoms with van der Waals surface area (Å²) in [6.07, 6.45) is 0.315. The summed E-state index contributed by atoms with van der Waals surface area (Å²) in [5.41, 5.74) is 1.68. The minimum Gasteiger partial charge on any atom is -0.377 e. The topological polar surface area (TPSA) is 78.5 Å². The van der Waals surface area contributed by atoms with Crippen LogP contribution in [0.2, 0.25) is 0 Å². The highest BCUT2D eigenvalue weighted by Crippen LogP contribution is 2.30. The quantitative estimate of drug-likeness (QED) is 0.378. The number of benzene rings is 4. The Morgan fingerprint density at radius 2 is 1.48 bits per heavy atom. The van der Waals surface area contributed by atoms with Crippen LogP contribution in [0.25, 0.3) is 21.5 Å². The number of carbonyl (C=O) groups excluding carboxylic acids is 1. The maximum absolute atomic E-state index is 13.1. The smallest absolute Gasteiger partial charge is 0.319 e. The van der Waals surface area contributed by atoms with Gasteiger partial charge in [0.1, 0.15) is 0 Å². The van der Waals surface area contributed by atoms with Crippen molar-refractivity contribution in [3.8, 4) is 0 Å². The molecular formula is C26H27N3O3S. The zero-order valence-corrected chi connectivity index (χ0v) is 19.5. The molecule has 0 aliphatic carbocycles. The molecule has 4 rings (SSSR count). The Kier molecular flexibility index (Phi) is 6.51. The molecule has 0 saturated heterocycles. The SMILES string of the molecule is CN(C)c1cccc2c(S(=O)(=O)CCCNC(=O)Nc3cccc4ccccc34)cccc12. The van der Waals surface area contributed by atoms with E-state index in [1.807, 2.05) is 85.7 Å². The van der Waals surface area contributed by atoms with E-state index in [0.717, 1.165) is 21.8 Å². The molecule has 0 saturated carbocycles. The third-order valence-corrected chi connectivity index (χ3v) is 7.44. The Hall–Kier alpha value is -3.58. The third-order valence-electron chi connectivity index (χ3n) is 5.59. The van der Waals surface area contributed by atoms with Gasteiger partial charge in [0.15, 0.2) is 9.84 Å². The second-order valence-electron chi connectivity index (χ2n) is 8.10. The largest absolute Gasteiger partial charge is 0.377 e. The molecule has 0 bridgehead atoms. The fraction of sp³-hybridized carbons (Fsp3) is 0.192. The number of hydrogen-bond donors (Lipinski definition) is 2. The molecule has 0 heterocycles. The lowest BCUT2D eigenvalue weighted by Gasteiger charge is -2.17. The maximum atomic E-state index is 13.1. The first-order valence-corrected chi connectivity index (χ1v) is 12.5. The number of fused-ring (bicyclic) bond motifs is 2. The van der Waals surface area contributed by atoms with Crippen LogP contribution in [0.5, 0.6) is 0 Å². The zero-order chi connectivity index (χ0) is 23.4. The van der Waals surface area contributed by atoms with Crippen molar-refractivity contribution >= 4 is 48.8 Å². The summed E-state index contributed by atoms with van der Waals surface area (Å²) in [5, 5.41) is 9.21. The minimum absolute atomic E-state index is 0.0488. The minimum atomic E-state index is -3.51. The van der Waals surface area contributed by atoms with Crippen molar-refractivity contribution < 1.29 is 13.2 Å². The fourth-order valence-electron chi connectivity index (χ4n) is 4.00. The number of nitrogens with zero attached hydrogens (tertiary/aromatic N) is 1. The van der Waals surface area contributed by atoms with Crippen LogP contribution in [0.4, 0.5) is 16.2 Å². The number of rotatable bonds is 7. The zero-order valence-electron chi connectivity index (χ0n) is 18.7. The van der Waals surface area contributed by atoms with E-state index in [9.17, 15) is 13.2 Å². The lowest BCUT2D eigenvalue weighted by Crippen LogP contribution is -2.30. The lowest BCUT2D eigenvalue weighted by molar-refractivity contribution is 0.252. The van der Waals surface area contributed by atoms with Gasteiger partial charge in [-0.1, -0.05) is 60.7 Å².